The molecule has 0 aliphatic carbocycles. The predicted molar refractivity (Wildman–Crippen MR) is 50.3 cm³/mol. The van der Waals surface area contributed by atoms with E-state index < -0.39 is 5.82 Å². The van der Waals surface area contributed by atoms with E-state index in [0.29, 0.717) is 0 Å². The van der Waals surface area contributed by atoms with Crippen molar-refractivity contribution in [2.45, 2.75) is 6.92 Å². The fourth-order valence-electron chi connectivity index (χ4n) is 1.01. The summed E-state index contributed by atoms with van der Waals surface area (Å²) in [6.45, 7) is 1.71. The van der Waals surface area contributed by atoms with Crippen molar-refractivity contribution < 1.29 is 9.18 Å². The molecular formula is C11H8FNO. The molecule has 1 rings (SSSR count). The molecule has 0 amide bonds. The first-order valence-corrected chi connectivity index (χ1v) is 4.05. The lowest BCUT2D eigenvalue weighted by atomic mass is 10.1. The maximum atomic E-state index is 13.1. The molecule has 3 heteroatoms. The number of benzene rings is 1. The third-order valence-electron chi connectivity index (χ3n) is 1.69. The van der Waals surface area contributed by atoms with Crippen molar-refractivity contribution in [1.29, 1.82) is 5.26 Å². The molecule has 0 spiro atoms. The van der Waals surface area contributed by atoms with Gasteiger partial charge in [0.15, 0.2) is 5.78 Å². The molecule has 0 aliphatic heterocycles. The summed E-state index contributed by atoms with van der Waals surface area (Å²) in [6.07, 6.45) is 2.93. The van der Waals surface area contributed by atoms with Gasteiger partial charge in [0.25, 0.3) is 0 Å². The minimum atomic E-state index is -0.664. The van der Waals surface area contributed by atoms with Gasteiger partial charge in [-0.05, 0) is 31.2 Å². The largest absolute Gasteiger partial charge is 0.289 e. The van der Waals surface area contributed by atoms with Gasteiger partial charge < -0.3 is 0 Å². The number of hydrogen-bond donors (Lipinski definition) is 0. The maximum Gasteiger partial charge on any atom is 0.185 e. The Labute approximate surface area is 81.3 Å². The van der Waals surface area contributed by atoms with Crippen LogP contribution in [-0.2, 0) is 0 Å². The number of rotatable bonds is 2. The van der Waals surface area contributed by atoms with Crippen molar-refractivity contribution in [1.82, 2.24) is 0 Å². The molecule has 0 radical (unpaired) electrons. The number of ketones is 1. The fraction of sp³-hybridized carbons (Fsp3) is 0.0909. The second-order valence-corrected chi connectivity index (χ2v) is 2.67. The van der Waals surface area contributed by atoms with Crippen molar-refractivity contribution in [3.8, 4) is 6.07 Å². The normalized spacial score (nSPS) is 10.1. The highest BCUT2D eigenvalue weighted by atomic mass is 19.1. The van der Waals surface area contributed by atoms with E-state index in [0.717, 1.165) is 6.07 Å². The van der Waals surface area contributed by atoms with E-state index in [4.69, 9.17) is 5.26 Å². The minimum Gasteiger partial charge on any atom is -0.289 e. The number of nitrogens with zero attached hydrogens (tertiary/aromatic N) is 1. The zero-order valence-corrected chi connectivity index (χ0v) is 7.62. The summed E-state index contributed by atoms with van der Waals surface area (Å²) in [5, 5.41) is 8.46. The van der Waals surface area contributed by atoms with Crippen LogP contribution in [0.3, 0.4) is 0 Å². The average Bonchev–Trinajstić information content (AvgIpc) is 2.18. The molecule has 0 aromatic heterocycles. The van der Waals surface area contributed by atoms with Gasteiger partial charge >= 0.3 is 0 Å². The summed E-state index contributed by atoms with van der Waals surface area (Å²) in [6, 6.07) is 5.49. The first-order chi connectivity index (χ1) is 6.69. The second kappa shape index (κ2) is 4.33. The van der Waals surface area contributed by atoms with Crippen LogP contribution in [0.15, 0.2) is 30.4 Å². The monoisotopic (exact) mass is 189 g/mol. The minimum absolute atomic E-state index is 0.0537. The van der Waals surface area contributed by atoms with E-state index in [1.54, 1.807) is 19.1 Å². The molecule has 70 valence electrons. The number of halogens is 1. The van der Waals surface area contributed by atoms with Crippen molar-refractivity contribution in [3.63, 3.8) is 0 Å². The Kier molecular flexibility index (Phi) is 3.14. The molecule has 1 aromatic rings. The van der Waals surface area contributed by atoms with Gasteiger partial charge in [0.1, 0.15) is 11.9 Å². The number of allylic oxidation sites excluding steroid dienone is 2. The molecule has 0 fully saturated rings. The van der Waals surface area contributed by atoms with Gasteiger partial charge in [-0.3, -0.25) is 4.79 Å². The van der Waals surface area contributed by atoms with Crippen molar-refractivity contribution in [2.24, 2.45) is 0 Å². The first kappa shape index (κ1) is 10.1. The van der Waals surface area contributed by atoms with E-state index in [-0.39, 0.29) is 16.9 Å². The molecule has 1 aromatic carbocycles. The Morgan fingerprint density at radius 1 is 1.57 bits per heavy atom. The van der Waals surface area contributed by atoms with Crippen LogP contribution in [0.2, 0.25) is 0 Å². The van der Waals surface area contributed by atoms with Gasteiger partial charge in [-0.1, -0.05) is 6.08 Å². The van der Waals surface area contributed by atoms with Gasteiger partial charge in [0.2, 0.25) is 0 Å². The standard InChI is InChI=1S/C11H8FNO/c1-2-3-11(14)8-4-5-9(7-13)10(12)6-8/h2-6H,1H3/b3-2+. The zero-order chi connectivity index (χ0) is 10.6. The highest BCUT2D eigenvalue weighted by molar-refractivity contribution is 6.04. The SMILES string of the molecule is C/C=C/C(=O)c1ccc(C#N)c(F)c1. The Morgan fingerprint density at radius 2 is 2.29 bits per heavy atom. The summed E-state index contributed by atoms with van der Waals surface area (Å²) in [5.41, 5.74) is 0.196. The topological polar surface area (TPSA) is 40.9 Å². The van der Waals surface area contributed by atoms with E-state index in [1.807, 2.05) is 0 Å². The lowest BCUT2D eigenvalue weighted by Crippen LogP contribution is -1.96. The van der Waals surface area contributed by atoms with E-state index in [9.17, 15) is 9.18 Å². The van der Waals surface area contributed by atoms with Gasteiger partial charge in [0.05, 0.1) is 5.56 Å². The summed E-state index contributed by atoms with van der Waals surface area (Å²) < 4.78 is 13.1. The van der Waals surface area contributed by atoms with Gasteiger partial charge in [-0.2, -0.15) is 5.26 Å². The Hall–Kier alpha value is -1.95. The Morgan fingerprint density at radius 3 is 2.79 bits per heavy atom. The third kappa shape index (κ3) is 2.05. The highest BCUT2D eigenvalue weighted by Crippen LogP contribution is 2.10. The van der Waals surface area contributed by atoms with Crippen LogP contribution in [0.5, 0.6) is 0 Å². The molecule has 0 bridgehead atoms. The van der Waals surface area contributed by atoms with Crippen LogP contribution in [0.25, 0.3) is 0 Å². The highest BCUT2D eigenvalue weighted by Gasteiger charge is 2.06. The summed E-state index contributed by atoms with van der Waals surface area (Å²) >= 11 is 0. The fourth-order valence-corrected chi connectivity index (χ4v) is 1.01. The number of nitriles is 1. The summed E-state index contributed by atoms with van der Waals surface area (Å²) in [5.74, 6) is -0.932. The Balaban J connectivity index is 3.10. The average molecular weight is 189 g/mol. The number of hydrogen-bond acceptors (Lipinski definition) is 2. The molecule has 0 atom stereocenters. The smallest absolute Gasteiger partial charge is 0.185 e. The van der Waals surface area contributed by atoms with E-state index in [1.165, 1.54) is 18.2 Å². The molecule has 0 saturated heterocycles. The lowest BCUT2D eigenvalue weighted by Gasteiger charge is -1.97. The molecule has 0 saturated carbocycles. The molecule has 0 N–H and O–H groups in total. The molecule has 2 nitrogen and oxygen atoms in total. The molecular weight excluding hydrogens is 181 g/mol. The molecule has 0 heterocycles. The number of carbonyl (C=O) groups is 1. The van der Waals surface area contributed by atoms with Gasteiger partial charge in [-0.25, -0.2) is 4.39 Å². The van der Waals surface area contributed by atoms with Crippen LogP contribution >= 0.6 is 0 Å². The number of carbonyl (C=O) groups excluding carboxylic acids is 1. The summed E-state index contributed by atoms with van der Waals surface area (Å²) in [7, 11) is 0. The first-order valence-electron chi connectivity index (χ1n) is 4.05. The van der Waals surface area contributed by atoms with Gasteiger partial charge in [-0.15, -0.1) is 0 Å². The van der Waals surface area contributed by atoms with Crippen LogP contribution in [0.4, 0.5) is 4.39 Å². The van der Waals surface area contributed by atoms with Crippen LogP contribution in [-0.4, -0.2) is 5.78 Å². The molecule has 0 unspecified atom stereocenters. The van der Waals surface area contributed by atoms with Gasteiger partial charge in [0, 0.05) is 5.56 Å². The molecule has 0 aliphatic rings. The summed E-state index contributed by atoms with van der Waals surface area (Å²) in [4.78, 5) is 11.3. The van der Waals surface area contributed by atoms with Crippen molar-refractivity contribution in [2.75, 3.05) is 0 Å². The van der Waals surface area contributed by atoms with E-state index in [2.05, 4.69) is 0 Å². The molecule has 14 heavy (non-hydrogen) atoms. The third-order valence-corrected chi connectivity index (χ3v) is 1.69. The second-order valence-electron chi connectivity index (χ2n) is 2.67. The Bertz CT molecular complexity index is 429. The zero-order valence-electron chi connectivity index (χ0n) is 7.62. The lowest BCUT2D eigenvalue weighted by molar-refractivity contribution is 0.104. The predicted octanol–water partition coefficient (Wildman–Crippen LogP) is 2.46. The van der Waals surface area contributed by atoms with E-state index >= 15 is 0 Å². The van der Waals surface area contributed by atoms with Crippen molar-refractivity contribution in [3.05, 3.63) is 47.3 Å². The van der Waals surface area contributed by atoms with Crippen LogP contribution < -0.4 is 0 Å². The quantitative estimate of drug-likeness (QED) is 0.529. The van der Waals surface area contributed by atoms with Crippen molar-refractivity contribution >= 4 is 5.78 Å². The maximum absolute atomic E-state index is 13.1. The van der Waals surface area contributed by atoms with Crippen LogP contribution in [0, 0.1) is 17.1 Å². The van der Waals surface area contributed by atoms with Crippen LogP contribution in [0.1, 0.15) is 22.8 Å².